The molecule has 2 aromatic rings. The topological polar surface area (TPSA) is 50.8 Å². The van der Waals surface area contributed by atoms with Gasteiger partial charge in [0.1, 0.15) is 5.75 Å². The highest BCUT2D eigenvalue weighted by molar-refractivity contribution is 5.94. The minimum absolute atomic E-state index is 0.00903. The summed E-state index contributed by atoms with van der Waals surface area (Å²) in [6, 6.07) is 15.7. The Kier molecular flexibility index (Phi) is 5.03. The molecule has 0 saturated carbocycles. The van der Waals surface area contributed by atoms with Crippen LogP contribution in [-0.2, 0) is 0 Å². The standard InChI is InChI=1S/C22H26N2O3/c1-15-13-17-11-12-24(15)14-19(17)23-22(25)16-7-9-18(10-8-16)27-21-6-4-3-5-20(21)26-2/h3-10,15,17,19H,11-14H2,1-2H3,(H,23,25). The molecule has 4 atom stereocenters. The third kappa shape index (κ3) is 3.78. The van der Waals surface area contributed by atoms with Gasteiger partial charge in [-0.2, -0.15) is 0 Å². The molecule has 1 N–H and O–H groups in total. The van der Waals surface area contributed by atoms with Crippen molar-refractivity contribution in [1.29, 1.82) is 0 Å². The van der Waals surface area contributed by atoms with Gasteiger partial charge >= 0.3 is 0 Å². The third-order valence-electron chi connectivity index (χ3n) is 5.78. The van der Waals surface area contributed by atoms with Crippen LogP contribution in [0.5, 0.6) is 17.2 Å². The molecule has 3 saturated heterocycles. The number of carbonyl (C=O) groups excluding carboxylic acids is 1. The van der Waals surface area contributed by atoms with Gasteiger partial charge in [-0.1, -0.05) is 12.1 Å². The summed E-state index contributed by atoms with van der Waals surface area (Å²) in [5.74, 6) is 2.59. The minimum Gasteiger partial charge on any atom is -0.493 e. The molecule has 4 unspecified atom stereocenters. The molecule has 142 valence electrons. The van der Waals surface area contributed by atoms with Crippen LogP contribution in [0, 0.1) is 5.92 Å². The van der Waals surface area contributed by atoms with Crippen molar-refractivity contribution in [2.24, 2.45) is 5.92 Å². The number of hydrogen-bond donors (Lipinski definition) is 1. The van der Waals surface area contributed by atoms with Crippen LogP contribution < -0.4 is 14.8 Å². The Morgan fingerprint density at radius 3 is 2.48 bits per heavy atom. The first kappa shape index (κ1) is 17.9. The summed E-state index contributed by atoms with van der Waals surface area (Å²) >= 11 is 0. The molecule has 3 heterocycles. The molecule has 27 heavy (non-hydrogen) atoms. The average Bonchev–Trinajstić information content (AvgIpc) is 2.70. The minimum atomic E-state index is -0.00903. The maximum absolute atomic E-state index is 12.7. The van der Waals surface area contributed by atoms with E-state index in [9.17, 15) is 4.79 Å². The Labute approximate surface area is 160 Å². The number of piperidine rings is 3. The van der Waals surface area contributed by atoms with Gasteiger partial charge in [0.2, 0.25) is 0 Å². The van der Waals surface area contributed by atoms with Crippen LogP contribution in [0.25, 0.3) is 0 Å². The SMILES string of the molecule is COc1ccccc1Oc1ccc(C(=O)NC2CN3CCC2CC3C)cc1. The Balaban J connectivity index is 1.39. The van der Waals surface area contributed by atoms with E-state index in [1.165, 1.54) is 12.8 Å². The van der Waals surface area contributed by atoms with Crippen LogP contribution in [-0.4, -0.2) is 43.1 Å². The Bertz CT molecular complexity index is 805. The van der Waals surface area contributed by atoms with Crippen molar-refractivity contribution in [3.8, 4) is 17.2 Å². The third-order valence-corrected chi connectivity index (χ3v) is 5.78. The number of para-hydroxylation sites is 2. The van der Waals surface area contributed by atoms with Crippen LogP contribution in [0.4, 0.5) is 0 Å². The number of nitrogens with zero attached hydrogens (tertiary/aromatic N) is 1. The van der Waals surface area contributed by atoms with Crippen LogP contribution in [0.2, 0.25) is 0 Å². The van der Waals surface area contributed by atoms with Gasteiger partial charge in [-0.05, 0) is 68.6 Å². The summed E-state index contributed by atoms with van der Waals surface area (Å²) in [5.41, 5.74) is 0.659. The summed E-state index contributed by atoms with van der Waals surface area (Å²) < 4.78 is 11.2. The normalized spacial score (nSPS) is 26.4. The lowest BCUT2D eigenvalue weighted by atomic mass is 9.80. The van der Waals surface area contributed by atoms with Crippen molar-refractivity contribution in [1.82, 2.24) is 10.2 Å². The molecule has 3 aliphatic heterocycles. The first-order valence-electron chi connectivity index (χ1n) is 9.60. The van der Waals surface area contributed by atoms with Gasteiger partial charge in [-0.25, -0.2) is 0 Å². The quantitative estimate of drug-likeness (QED) is 0.877. The smallest absolute Gasteiger partial charge is 0.251 e. The molecule has 3 aliphatic rings. The molecule has 0 radical (unpaired) electrons. The van der Waals surface area contributed by atoms with Gasteiger partial charge < -0.3 is 14.8 Å². The Morgan fingerprint density at radius 1 is 1.11 bits per heavy atom. The van der Waals surface area contributed by atoms with Crippen molar-refractivity contribution in [2.45, 2.75) is 31.8 Å². The number of benzene rings is 2. The molecular weight excluding hydrogens is 340 g/mol. The first-order chi connectivity index (χ1) is 13.1. The predicted octanol–water partition coefficient (Wildman–Crippen LogP) is 3.70. The summed E-state index contributed by atoms with van der Waals surface area (Å²) in [6.45, 7) is 4.41. The van der Waals surface area contributed by atoms with E-state index in [0.29, 0.717) is 34.8 Å². The second-order valence-corrected chi connectivity index (χ2v) is 7.49. The van der Waals surface area contributed by atoms with Gasteiger partial charge in [0.15, 0.2) is 11.5 Å². The number of amides is 1. The maximum atomic E-state index is 12.7. The fourth-order valence-corrected chi connectivity index (χ4v) is 4.22. The van der Waals surface area contributed by atoms with Crippen molar-refractivity contribution < 1.29 is 14.3 Å². The first-order valence-corrected chi connectivity index (χ1v) is 9.60. The van der Waals surface area contributed by atoms with E-state index in [4.69, 9.17) is 9.47 Å². The second-order valence-electron chi connectivity index (χ2n) is 7.49. The number of hydrogen-bond acceptors (Lipinski definition) is 4. The molecule has 0 spiro atoms. The van der Waals surface area contributed by atoms with E-state index in [1.807, 2.05) is 48.5 Å². The summed E-state index contributed by atoms with van der Waals surface area (Å²) in [6.07, 6.45) is 2.36. The highest BCUT2D eigenvalue weighted by Gasteiger charge is 2.38. The van der Waals surface area contributed by atoms with E-state index < -0.39 is 0 Å². The second kappa shape index (κ2) is 7.61. The monoisotopic (exact) mass is 366 g/mol. The van der Waals surface area contributed by atoms with Crippen LogP contribution in [0.15, 0.2) is 48.5 Å². The van der Waals surface area contributed by atoms with Crippen LogP contribution in [0.1, 0.15) is 30.1 Å². The van der Waals surface area contributed by atoms with Crippen molar-refractivity contribution in [3.63, 3.8) is 0 Å². The van der Waals surface area contributed by atoms with E-state index in [1.54, 1.807) is 7.11 Å². The maximum Gasteiger partial charge on any atom is 0.251 e. The number of rotatable bonds is 5. The summed E-state index contributed by atoms with van der Waals surface area (Å²) in [4.78, 5) is 15.1. The van der Waals surface area contributed by atoms with E-state index in [-0.39, 0.29) is 11.9 Å². The lowest BCUT2D eigenvalue weighted by Crippen LogP contribution is -2.60. The zero-order valence-electron chi connectivity index (χ0n) is 15.9. The van der Waals surface area contributed by atoms with Crippen LogP contribution in [0.3, 0.4) is 0 Å². The highest BCUT2D eigenvalue weighted by atomic mass is 16.5. The fraction of sp³-hybridized carbons (Fsp3) is 0.409. The fourth-order valence-electron chi connectivity index (χ4n) is 4.22. The Hall–Kier alpha value is -2.53. The van der Waals surface area contributed by atoms with E-state index >= 15 is 0 Å². The molecule has 0 aliphatic carbocycles. The van der Waals surface area contributed by atoms with E-state index in [2.05, 4.69) is 17.1 Å². The largest absolute Gasteiger partial charge is 0.493 e. The van der Waals surface area contributed by atoms with Crippen molar-refractivity contribution in [2.75, 3.05) is 20.2 Å². The molecule has 2 aromatic carbocycles. The Morgan fingerprint density at radius 2 is 1.85 bits per heavy atom. The zero-order valence-corrected chi connectivity index (χ0v) is 15.9. The van der Waals surface area contributed by atoms with Gasteiger partial charge in [0, 0.05) is 24.2 Å². The molecule has 2 bridgehead atoms. The predicted molar refractivity (Wildman–Crippen MR) is 105 cm³/mol. The van der Waals surface area contributed by atoms with Gasteiger partial charge in [0.05, 0.1) is 7.11 Å². The van der Waals surface area contributed by atoms with Gasteiger partial charge in [0.25, 0.3) is 5.91 Å². The molecule has 5 nitrogen and oxygen atoms in total. The van der Waals surface area contributed by atoms with Crippen molar-refractivity contribution >= 4 is 5.91 Å². The van der Waals surface area contributed by atoms with Gasteiger partial charge in [-0.3, -0.25) is 9.69 Å². The highest BCUT2D eigenvalue weighted by Crippen LogP contribution is 2.33. The lowest BCUT2D eigenvalue weighted by molar-refractivity contribution is 0.0274. The average molecular weight is 366 g/mol. The molecule has 5 heteroatoms. The molecular formula is C22H26N2O3. The molecule has 5 rings (SSSR count). The number of nitrogens with one attached hydrogen (secondary N) is 1. The molecule has 1 amide bonds. The lowest BCUT2D eigenvalue weighted by Gasteiger charge is -2.48. The molecule has 3 fully saturated rings. The number of methoxy groups -OCH3 is 1. The zero-order chi connectivity index (χ0) is 18.8. The molecule has 0 aromatic heterocycles. The number of fused-ring (bicyclic) bond motifs is 3. The van der Waals surface area contributed by atoms with Gasteiger partial charge in [-0.15, -0.1) is 0 Å². The van der Waals surface area contributed by atoms with E-state index in [0.717, 1.165) is 13.1 Å². The number of carbonyl (C=O) groups is 1. The van der Waals surface area contributed by atoms with Crippen LogP contribution >= 0.6 is 0 Å². The van der Waals surface area contributed by atoms with Crippen molar-refractivity contribution in [3.05, 3.63) is 54.1 Å². The summed E-state index contributed by atoms with van der Waals surface area (Å²) in [5, 5.41) is 3.23. The summed E-state index contributed by atoms with van der Waals surface area (Å²) in [7, 11) is 1.62. The number of ether oxygens (including phenoxy) is 2.